The highest BCUT2D eigenvalue weighted by atomic mass is 16.8. The van der Waals surface area contributed by atoms with Gasteiger partial charge in [0.25, 0.3) is 0 Å². The molecule has 33 heavy (non-hydrogen) atoms. The summed E-state index contributed by atoms with van der Waals surface area (Å²) in [5.41, 5.74) is -8.44. The van der Waals surface area contributed by atoms with Crippen LogP contribution in [0.2, 0.25) is 0 Å². The van der Waals surface area contributed by atoms with Crippen molar-refractivity contribution in [1.29, 1.82) is 0 Å². The fourth-order valence-electron chi connectivity index (χ4n) is 8.40. The van der Waals surface area contributed by atoms with E-state index in [-0.39, 0.29) is 6.42 Å². The van der Waals surface area contributed by atoms with Gasteiger partial charge in [-0.1, -0.05) is 20.8 Å². The number of hydrogen-bond acceptors (Lipinski definition) is 11. The maximum atomic E-state index is 13.6. The Morgan fingerprint density at radius 1 is 1.12 bits per heavy atom. The van der Waals surface area contributed by atoms with Crippen molar-refractivity contribution in [1.82, 2.24) is 0 Å². The molecule has 11 atom stereocenters. The van der Waals surface area contributed by atoms with E-state index in [9.17, 15) is 29.4 Å². The standard InChI is InChI=1S/C22H26O11/c1-7-14(25)31-12-11(24)20-10-6-9(18(3,4)5)19(20)13(29-8(2)23)15(26)32-17(19)33-22(20,16(27)30-10)21(7,12)28/h7,9-13,17,24,28H,6H2,1-5H3/t7-,9+,10-,11+,12+,13+,17+,19+,20+,21-,22-/m1/s1. The quantitative estimate of drug-likeness (QED) is 0.369. The minimum absolute atomic E-state index is 0.202. The summed E-state index contributed by atoms with van der Waals surface area (Å²) in [6, 6.07) is 0. The van der Waals surface area contributed by atoms with Crippen LogP contribution in [0.1, 0.15) is 41.0 Å². The molecule has 2 saturated carbocycles. The summed E-state index contributed by atoms with van der Waals surface area (Å²) in [7, 11) is 0. The van der Waals surface area contributed by atoms with Gasteiger partial charge in [0.15, 0.2) is 11.7 Å². The molecule has 6 aliphatic rings. The summed E-state index contributed by atoms with van der Waals surface area (Å²) in [4.78, 5) is 51.2. The zero-order valence-electron chi connectivity index (χ0n) is 18.8. The van der Waals surface area contributed by atoms with Crippen LogP contribution in [0.4, 0.5) is 0 Å². The molecule has 0 bridgehead atoms. The minimum Gasteiger partial charge on any atom is -0.459 e. The first-order valence-corrected chi connectivity index (χ1v) is 11.1. The number of aliphatic hydroxyl groups excluding tert-OH is 1. The first kappa shape index (κ1) is 21.3. The molecule has 0 aromatic rings. The van der Waals surface area contributed by atoms with Crippen molar-refractivity contribution in [3.8, 4) is 0 Å². The molecule has 0 unspecified atom stereocenters. The van der Waals surface area contributed by atoms with Gasteiger partial charge in [0.2, 0.25) is 18.0 Å². The number of esters is 4. The SMILES string of the molecule is CC(=O)O[C@H]1C(=O)O[C@H]2O[C@]34C(=O)O[C@@H]5C[C@@H](C(C)(C)C)[C@@]21[C@@]53[C@@H](O)[C@@H]1OC(=O)[C@@H](C)[C@@]14O. The van der Waals surface area contributed by atoms with Crippen molar-refractivity contribution in [3.05, 3.63) is 0 Å². The van der Waals surface area contributed by atoms with E-state index in [1.165, 1.54) is 6.92 Å². The first-order chi connectivity index (χ1) is 15.2. The second kappa shape index (κ2) is 5.52. The average Bonchev–Trinajstić information content (AvgIpc) is 3.40. The Morgan fingerprint density at radius 3 is 2.39 bits per heavy atom. The molecule has 4 heterocycles. The van der Waals surface area contributed by atoms with Crippen molar-refractivity contribution in [2.24, 2.45) is 28.1 Å². The fraction of sp³-hybridized carbons (Fsp3) is 0.818. The van der Waals surface area contributed by atoms with Gasteiger partial charge in [0, 0.05) is 6.92 Å². The number of ether oxygens (including phenoxy) is 5. The van der Waals surface area contributed by atoms with E-state index in [1.807, 2.05) is 20.8 Å². The van der Waals surface area contributed by atoms with Crippen LogP contribution in [0.15, 0.2) is 0 Å². The maximum absolute atomic E-state index is 13.6. The number of carbonyl (C=O) groups excluding carboxylic acids is 4. The number of hydrogen-bond donors (Lipinski definition) is 2. The molecule has 11 nitrogen and oxygen atoms in total. The molecule has 4 saturated heterocycles. The van der Waals surface area contributed by atoms with Crippen molar-refractivity contribution in [3.63, 3.8) is 0 Å². The molecule has 6 fully saturated rings. The summed E-state index contributed by atoms with van der Waals surface area (Å²) in [6.45, 7) is 8.27. The summed E-state index contributed by atoms with van der Waals surface area (Å²) in [5.74, 6) is -5.12. The summed E-state index contributed by atoms with van der Waals surface area (Å²) in [6.07, 6.45) is -6.89. The van der Waals surface area contributed by atoms with Crippen LogP contribution < -0.4 is 0 Å². The van der Waals surface area contributed by atoms with Crippen molar-refractivity contribution in [2.45, 2.75) is 82.9 Å². The first-order valence-electron chi connectivity index (χ1n) is 11.1. The van der Waals surface area contributed by atoms with Crippen LogP contribution in [0.3, 0.4) is 0 Å². The van der Waals surface area contributed by atoms with Gasteiger partial charge in [0.05, 0.1) is 16.7 Å². The highest BCUT2D eigenvalue weighted by molar-refractivity contribution is 5.94. The molecule has 0 aromatic carbocycles. The largest absolute Gasteiger partial charge is 0.459 e. The smallest absolute Gasteiger partial charge is 0.350 e. The third-order valence-corrected chi connectivity index (χ3v) is 9.25. The molecule has 6 rings (SSSR count). The molecule has 11 heteroatoms. The molecule has 0 amide bonds. The van der Waals surface area contributed by atoms with E-state index in [4.69, 9.17) is 23.7 Å². The highest BCUT2D eigenvalue weighted by Gasteiger charge is 3.04. The number of aliphatic hydroxyl groups is 2. The lowest BCUT2D eigenvalue weighted by atomic mass is 9.51. The van der Waals surface area contributed by atoms with Crippen LogP contribution in [0.25, 0.3) is 0 Å². The normalized spacial score (nSPS) is 55.5. The number of carbonyl (C=O) groups is 4. The zero-order chi connectivity index (χ0) is 24.1. The molecular weight excluding hydrogens is 440 g/mol. The second-order valence-corrected chi connectivity index (χ2v) is 11.3. The Bertz CT molecular complexity index is 1030. The van der Waals surface area contributed by atoms with Gasteiger partial charge in [-0.2, -0.15) is 0 Å². The lowest BCUT2D eigenvalue weighted by molar-refractivity contribution is -0.239. The predicted molar refractivity (Wildman–Crippen MR) is 102 cm³/mol. The molecule has 0 aromatic heterocycles. The summed E-state index contributed by atoms with van der Waals surface area (Å²) >= 11 is 0. The molecule has 180 valence electrons. The van der Waals surface area contributed by atoms with Gasteiger partial charge in [0.1, 0.15) is 12.2 Å². The van der Waals surface area contributed by atoms with Crippen molar-refractivity contribution >= 4 is 23.9 Å². The number of fused-ring (bicyclic) bond motifs is 1. The van der Waals surface area contributed by atoms with Crippen LogP contribution >= 0.6 is 0 Å². The third-order valence-electron chi connectivity index (χ3n) is 9.25. The van der Waals surface area contributed by atoms with Crippen molar-refractivity contribution in [2.75, 3.05) is 0 Å². The van der Waals surface area contributed by atoms with Crippen molar-refractivity contribution < 1.29 is 53.1 Å². The van der Waals surface area contributed by atoms with Crippen LogP contribution in [-0.2, 0) is 42.9 Å². The topological polar surface area (TPSA) is 155 Å². The Labute approximate surface area is 188 Å². The predicted octanol–water partition coefficient (Wildman–Crippen LogP) is -0.799. The van der Waals surface area contributed by atoms with E-state index in [2.05, 4.69) is 0 Å². The Hall–Kier alpha value is -2.24. The third kappa shape index (κ3) is 1.71. The average molecular weight is 466 g/mol. The minimum atomic E-state index is -2.29. The van der Waals surface area contributed by atoms with Crippen LogP contribution in [0.5, 0.6) is 0 Å². The lowest BCUT2D eigenvalue weighted by Crippen LogP contribution is -2.67. The lowest BCUT2D eigenvalue weighted by Gasteiger charge is -2.48. The van der Waals surface area contributed by atoms with Gasteiger partial charge in [-0.3, -0.25) is 9.59 Å². The monoisotopic (exact) mass is 466 g/mol. The van der Waals surface area contributed by atoms with E-state index < -0.39 is 93.9 Å². The van der Waals surface area contributed by atoms with Gasteiger partial charge in [-0.15, -0.1) is 0 Å². The zero-order valence-corrected chi connectivity index (χ0v) is 18.8. The molecule has 2 N–H and O–H groups in total. The van der Waals surface area contributed by atoms with Gasteiger partial charge in [-0.25, -0.2) is 9.59 Å². The molecule has 4 aliphatic heterocycles. The second-order valence-electron chi connectivity index (χ2n) is 11.3. The van der Waals surface area contributed by atoms with E-state index in [0.29, 0.717) is 0 Å². The molecular formula is C22H26O11. The van der Waals surface area contributed by atoms with E-state index >= 15 is 0 Å². The van der Waals surface area contributed by atoms with Gasteiger partial charge < -0.3 is 33.9 Å². The molecule has 2 aliphatic carbocycles. The highest BCUT2D eigenvalue weighted by Crippen LogP contribution is 2.84. The number of rotatable bonds is 1. The van der Waals surface area contributed by atoms with Gasteiger partial charge in [-0.05, 0) is 24.7 Å². The van der Waals surface area contributed by atoms with Gasteiger partial charge >= 0.3 is 23.9 Å². The van der Waals surface area contributed by atoms with Crippen LogP contribution in [0, 0.1) is 28.1 Å². The van der Waals surface area contributed by atoms with E-state index in [0.717, 1.165) is 6.92 Å². The Balaban J connectivity index is 1.71. The summed E-state index contributed by atoms with van der Waals surface area (Å²) < 4.78 is 28.4. The molecule has 0 radical (unpaired) electrons. The summed E-state index contributed by atoms with van der Waals surface area (Å²) in [5, 5.41) is 23.8. The maximum Gasteiger partial charge on any atom is 0.350 e. The molecule has 2 spiro atoms. The Kier molecular flexibility index (Phi) is 3.57. The fourth-order valence-corrected chi connectivity index (χ4v) is 8.40. The Morgan fingerprint density at radius 2 is 1.79 bits per heavy atom. The van der Waals surface area contributed by atoms with Crippen LogP contribution in [-0.4, -0.2) is 76.0 Å². The van der Waals surface area contributed by atoms with E-state index in [1.54, 1.807) is 0 Å².